The third kappa shape index (κ3) is 6.52. The first-order valence-electron chi connectivity index (χ1n) is 4.57. The Balaban J connectivity index is 4.04. The molecule has 1 unspecified atom stereocenters. The van der Waals surface area contributed by atoms with E-state index in [9.17, 15) is 9.59 Å². The largest absolute Gasteiger partial charge is 0.467 e. The normalized spacial score (nSPS) is 10.9. The first-order chi connectivity index (χ1) is 7.11. The van der Waals surface area contributed by atoms with Crippen LogP contribution in [-0.4, -0.2) is 38.1 Å². The van der Waals surface area contributed by atoms with E-state index in [1.165, 1.54) is 14.0 Å². The molecule has 0 aromatic heterocycles. The molecule has 0 saturated heterocycles. The molecule has 0 fully saturated rings. The van der Waals surface area contributed by atoms with Gasteiger partial charge in [0.25, 0.3) is 0 Å². The third-order valence-electron chi connectivity index (χ3n) is 1.60. The average molecular weight is 212 g/mol. The molecule has 5 nitrogen and oxygen atoms in total. The molecule has 0 aliphatic carbocycles. The standard InChI is InChI=1S/C10H16N2O3/c1-4-5-6-11-7-9(10(14)15-3)12-8(2)13/h9,11H,6-7H2,1-3H3,(H,12,13). The van der Waals surface area contributed by atoms with Gasteiger partial charge in [0.05, 0.1) is 13.7 Å². The molecule has 84 valence electrons. The summed E-state index contributed by atoms with van der Waals surface area (Å²) in [6, 6.07) is -0.661. The van der Waals surface area contributed by atoms with Crippen LogP contribution in [0.3, 0.4) is 0 Å². The van der Waals surface area contributed by atoms with Gasteiger partial charge in [0.1, 0.15) is 6.04 Å². The zero-order chi connectivity index (χ0) is 11.7. The molecule has 0 bridgehead atoms. The van der Waals surface area contributed by atoms with E-state index >= 15 is 0 Å². The van der Waals surface area contributed by atoms with Crippen LogP contribution in [-0.2, 0) is 14.3 Å². The van der Waals surface area contributed by atoms with Crippen LogP contribution in [0.1, 0.15) is 13.8 Å². The quantitative estimate of drug-likeness (QED) is 0.358. The van der Waals surface area contributed by atoms with E-state index in [0.717, 1.165) is 0 Å². The van der Waals surface area contributed by atoms with Gasteiger partial charge in [-0.25, -0.2) is 4.79 Å². The summed E-state index contributed by atoms with van der Waals surface area (Å²) in [7, 11) is 1.28. The lowest BCUT2D eigenvalue weighted by Gasteiger charge is -2.14. The lowest BCUT2D eigenvalue weighted by molar-refractivity contribution is -0.144. The number of rotatable bonds is 5. The molecule has 15 heavy (non-hydrogen) atoms. The number of methoxy groups -OCH3 is 1. The Bertz CT molecular complexity index is 278. The molecular formula is C10H16N2O3. The molecule has 0 saturated carbocycles. The maximum Gasteiger partial charge on any atom is 0.329 e. The number of amides is 1. The van der Waals surface area contributed by atoms with Crippen molar-refractivity contribution < 1.29 is 14.3 Å². The van der Waals surface area contributed by atoms with Gasteiger partial charge in [-0.2, -0.15) is 0 Å². The minimum Gasteiger partial charge on any atom is -0.467 e. The van der Waals surface area contributed by atoms with Gasteiger partial charge in [-0.3, -0.25) is 4.79 Å². The van der Waals surface area contributed by atoms with Gasteiger partial charge in [0.15, 0.2) is 0 Å². The van der Waals surface area contributed by atoms with E-state index in [0.29, 0.717) is 13.1 Å². The first-order valence-corrected chi connectivity index (χ1v) is 4.57. The Morgan fingerprint density at radius 3 is 2.60 bits per heavy atom. The lowest BCUT2D eigenvalue weighted by atomic mass is 10.3. The van der Waals surface area contributed by atoms with E-state index in [1.807, 2.05) is 0 Å². The SMILES string of the molecule is CC#CCNCC(NC(C)=O)C(=O)OC. The van der Waals surface area contributed by atoms with Crippen LogP contribution in [0.4, 0.5) is 0 Å². The Labute approximate surface area is 89.6 Å². The molecule has 1 atom stereocenters. The molecular weight excluding hydrogens is 196 g/mol. The summed E-state index contributed by atoms with van der Waals surface area (Å²) in [5.41, 5.74) is 0. The van der Waals surface area contributed by atoms with E-state index in [-0.39, 0.29) is 5.91 Å². The van der Waals surface area contributed by atoms with Gasteiger partial charge in [0, 0.05) is 13.5 Å². The van der Waals surface area contributed by atoms with Crippen LogP contribution < -0.4 is 10.6 Å². The van der Waals surface area contributed by atoms with E-state index in [2.05, 4.69) is 27.2 Å². The first kappa shape index (κ1) is 13.5. The van der Waals surface area contributed by atoms with Crippen molar-refractivity contribution >= 4 is 11.9 Å². The Kier molecular flexibility index (Phi) is 7.02. The van der Waals surface area contributed by atoms with Gasteiger partial charge in [-0.1, -0.05) is 5.92 Å². The molecule has 0 aromatic carbocycles. The van der Waals surface area contributed by atoms with Gasteiger partial charge in [0.2, 0.25) is 5.91 Å². The summed E-state index contributed by atoms with van der Waals surface area (Å²) in [5.74, 6) is 4.76. The molecule has 1 amide bonds. The zero-order valence-electron chi connectivity index (χ0n) is 9.22. The Morgan fingerprint density at radius 2 is 2.13 bits per heavy atom. The number of esters is 1. The number of ether oxygens (including phenoxy) is 1. The van der Waals surface area contributed by atoms with Gasteiger partial charge >= 0.3 is 5.97 Å². The van der Waals surface area contributed by atoms with Crippen molar-refractivity contribution in [2.75, 3.05) is 20.2 Å². The lowest BCUT2D eigenvalue weighted by Crippen LogP contribution is -2.47. The van der Waals surface area contributed by atoms with Crippen LogP contribution in [0.2, 0.25) is 0 Å². The summed E-state index contributed by atoms with van der Waals surface area (Å²) in [5, 5.41) is 5.40. The smallest absolute Gasteiger partial charge is 0.329 e. The highest BCUT2D eigenvalue weighted by atomic mass is 16.5. The highest BCUT2D eigenvalue weighted by Crippen LogP contribution is 1.86. The molecule has 0 rings (SSSR count). The molecule has 0 heterocycles. The molecule has 0 aromatic rings. The van der Waals surface area contributed by atoms with Crippen LogP contribution in [0.5, 0.6) is 0 Å². The second-order valence-corrected chi connectivity index (χ2v) is 2.83. The van der Waals surface area contributed by atoms with Crippen molar-refractivity contribution in [2.45, 2.75) is 19.9 Å². The molecule has 5 heteroatoms. The van der Waals surface area contributed by atoms with Crippen LogP contribution >= 0.6 is 0 Å². The van der Waals surface area contributed by atoms with Gasteiger partial charge in [-0.15, -0.1) is 5.92 Å². The summed E-state index contributed by atoms with van der Waals surface area (Å²) < 4.78 is 4.54. The highest BCUT2D eigenvalue weighted by molar-refractivity contribution is 5.83. The third-order valence-corrected chi connectivity index (χ3v) is 1.60. The molecule has 0 radical (unpaired) electrons. The van der Waals surface area contributed by atoms with Gasteiger partial charge in [-0.05, 0) is 6.92 Å². The minimum absolute atomic E-state index is 0.270. The predicted molar refractivity (Wildman–Crippen MR) is 55.9 cm³/mol. The fourth-order valence-electron chi connectivity index (χ4n) is 0.948. The van der Waals surface area contributed by atoms with E-state index in [1.54, 1.807) is 6.92 Å². The van der Waals surface area contributed by atoms with E-state index in [4.69, 9.17) is 0 Å². The zero-order valence-corrected chi connectivity index (χ0v) is 9.22. The predicted octanol–water partition coefficient (Wildman–Crippen LogP) is -0.723. The van der Waals surface area contributed by atoms with Crippen molar-refractivity contribution in [2.24, 2.45) is 0 Å². The van der Waals surface area contributed by atoms with Crippen molar-refractivity contribution in [1.29, 1.82) is 0 Å². The van der Waals surface area contributed by atoms with Crippen LogP contribution in [0.25, 0.3) is 0 Å². The molecule has 0 aliphatic heterocycles. The van der Waals surface area contributed by atoms with E-state index < -0.39 is 12.0 Å². The summed E-state index contributed by atoms with van der Waals surface area (Å²) in [4.78, 5) is 22.0. The van der Waals surface area contributed by atoms with Crippen molar-refractivity contribution in [1.82, 2.24) is 10.6 Å². The van der Waals surface area contributed by atoms with Crippen LogP contribution in [0.15, 0.2) is 0 Å². The second-order valence-electron chi connectivity index (χ2n) is 2.83. The number of hydrogen-bond acceptors (Lipinski definition) is 4. The highest BCUT2D eigenvalue weighted by Gasteiger charge is 2.18. The monoisotopic (exact) mass is 212 g/mol. The van der Waals surface area contributed by atoms with Crippen LogP contribution in [0, 0.1) is 11.8 Å². The summed E-state index contributed by atoms with van der Waals surface area (Å²) in [6.45, 7) is 3.86. The Hall–Kier alpha value is -1.54. The fourth-order valence-corrected chi connectivity index (χ4v) is 0.948. The minimum atomic E-state index is -0.661. The molecule has 2 N–H and O–H groups in total. The number of nitrogens with one attached hydrogen (secondary N) is 2. The second kappa shape index (κ2) is 7.83. The fraction of sp³-hybridized carbons (Fsp3) is 0.600. The maximum absolute atomic E-state index is 11.2. The average Bonchev–Trinajstić information content (AvgIpc) is 2.21. The van der Waals surface area contributed by atoms with Crippen molar-refractivity contribution in [3.63, 3.8) is 0 Å². The number of hydrogen-bond donors (Lipinski definition) is 2. The maximum atomic E-state index is 11.2. The number of carbonyl (C=O) groups excluding carboxylic acids is 2. The summed E-state index contributed by atoms with van der Waals surface area (Å²) >= 11 is 0. The molecule has 0 spiro atoms. The van der Waals surface area contributed by atoms with Crippen molar-refractivity contribution in [3.05, 3.63) is 0 Å². The molecule has 0 aliphatic rings. The Morgan fingerprint density at radius 1 is 1.47 bits per heavy atom. The topological polar surface area (TPSA) is 67.4 Å². The summed E-state index contributed by atoms with van der Waals surface area (Å²) in [6.07, 6.45) is 0. The van der Waals surface area contributed by atoms with Gasteiger partial charge < -0.3 is 15.4 Å². The number of carbonyl (C=O) groups is 2. The van der Waals surface area contributed by atoms with Crippen molar-refractivity contribution in [3.8, 4) is 11.8 Å².